The van der Waals surface area contributed by atoms with E-state index in [0.29, 0.717) is 0 Å². The van der Waals surface area contributed by atoms with E-state index in [1.165, 1.54) is 0 Å². The fourth-order valence-electron chi connectivity index (χ4n) is 0.535. The molecule has 11 heavy (non-hydrogen) atoms. The Hall–Kier alpha value is -1.31. The summed E-state index contributed by atoms with van der Waals surface area (Å²) >= 11 is 0. The van der Waals surface area contributed by atoms with E-state index in [9.17, 15) is 0 Å². The van der Waals surface area contributed by atoms with E-state index < -0.39 is 0 Å². The van der Waals surface area contributed by atoms with Gasteiger partial charge in [-0.2, -0.15) is 0 Å². The topological polar surface area (TPSA) is 24.4 Å². The molecule has 0 amide bonds. The Labute approximate surface area is 68.0 Å². The van der Waals surface area contributed by atoms with Gasteiger partial charge in [0.2, 0.25) is 0 Å². The fourth-order valence-corrected chi connectivity index (χ4v) is 0.535. The van der Waals surface area contributed by atoms with Gasteiger partial charge in [0.1, 0.15) is 5.82 Å². The van der Waals surface area contributed by atoms with Crippen LogP contribution >= 0.6 is 0 Å². The summed E-state index contributed by atoms with van der Waals surface area (Å²) in [4.78, 5) is 4.09. The third-order valence-electron chi connectivity index (χ3n) is 1.02. The predicted molar refractivity (Wildman–Crippen MR) is 50.4 cm³/mol. The Morgan fingerprint density at radius 3 is 2.36 bits per heavy atom. The van der Waals surface area contributed by atoms with Crippen molar-refractivity contribution in [2.75, 3.05) is 0 Å². The van der Waals surface area contributed by atoms with Gasteiger partial charge in [-0.3, -0.25) is 0 Å². The molecule has 1 N–H and O–H groups in total. The van der Waals surface area contributed by atoms with E-state index in [1.54, 1.807) is 18.5 Å². The summed E-state index contributed by atoms with van der Waals surface area (Å²) in [6.45, 7) is 11.0. The summed E-state index contributed by atoms with van der Waals surface area (Å²) in [6, 6.07) is 0. The van der Waals surface area contributed by atoms with Crippen LogP contribution in [0.4, 0.5) is 0 Å². The first-order chi connectivity index (χ1) is 5.22. The molecule has 0 fully saturated rings. The standard InChI is InChI=1S/C9H14N2/c1-5-7-11-9(8(3)4)10-6-2/h5-7,10H,1-2H2,3-4H3. The van der Waals surface area contributed by atoms with Gasteiger partial charge >= 0.3 is 0 Å². The Bertz CT molecular complexity index is 196. The Kier molecular flexibility index (Phi) is 4.82. The zero-order valence-electron chi connectivity index (χ0n) is 7.09. The second-order valence-electron chi connectivity index (χ2n) is 2.21. The van der Waals surface area contributed by atoms with E-state index in [0.717, 1.165) is 11.4 Å². The summed E-state index contributed by atoms with van der Waals surface area (Å²) in [6.07, 6.45) is 4.87. The maximum absolute atomic E-state index is 4.09. The molecule has 0 aromatic carbocycles. The number of allylic oxidation sites excluding steroid dienone is 2. The van der Waals surface area contributed by atoms with Gasteiger partial charge in [0, 0.05) is 6.21 Å². The Balaban J connectivity index is 4.35. The third-order valence-corrected chi connectivity index (χ3v) is 1.02. The first-order valence-corrected chi connectivity index (χ1v) is 3.42. The number of hydrogen-bond acceptors (Lipinski definition) is 2. The molecule has 0 aromatic heterocycles. The van der Waals surface area contributed by atoms with Gasteiger partial charge < -0.3 is 5.32 Å². The molecule has 0 aliphatic rings. The summed E-state index contributed by atoms with van der Waals surface area (Å²) in [5.74, 6) is 0.819. The van der Waals surface area contributed by atoms with E-state index in [2.05, 4.69) is 23.5 Å². The predicted octanol–water partition coefficient (Wildman–Crippen LogP) is 2.23. The fraction of sp³-hybridized carbons (Fsp3) is 0.222. The highest BCUT2D eigenvalue weighted by molar-refractivity contribution is 5.71. The summed E-state index contributed by atoms with van der Waals surface area (Å²) < 4.78 is 0. The second kappa shape index (κ2) is 5.47. The van der Waals surface area contributed by atoms with Crippen molar-refractivity contribution in [3.05, 3.63) is 36.8 Å². The first-order valence-electron chi connectivity index (χ1n) is 3.42. The molecular weight excluding hydrogens is 136 g/mol. The van der Waals surface area contributed by atoms with Crippen molar-refractivity contribution < 1.29 is 0 Å². The Morgan fingerprint density at radius 2 is 2.00 bits per heavy atom. The molecule has 0 aromatic rings. The van der Waals surface area contributed by atoms with Crippen molar-refractivity contribution in [3.63, 3.8) is 0 Å². The van der Waals surface area contributed by atoms with Gasteiger partial charge in [-0.25, -0.2) is 4.99 Å². The highest BCUT2D eigenvalue weighted by Gasteiger charge is 1.89. The maximum Gasteiger partial charge on any atom is 0.128 e. The van der Waals surface area contributed by atoms with Crippen molar-refractivity contribution in [2.45, 2.75) is 13.8 Å². The van der Waals surface area contributed by atoms with Gasteiger partial charge in [0.05, 0.1) is 0 Å². The van der Waals surface area contributed by atoms with Crippen molar-refractivity contribution in [1.82, 2.24) is 5.32 Å². The van der Waals surface area contributed by atoms with Gasteiger partial charge in [-0.15, -0.1) is 0 Å². The van der Waals surface area contributed by atoms with E-state index >= 15 is 0 Å². The maximum atomic E-state index is 4.09. The summed E-state index contributed by atoms with van der Waals surface area (Å²) in [5.41, 5.74) is 1.11. The third kappa shape index (κ3) is 4.14. The summed E-state index contributed by atoms with van der Waals surface area (Å²) in [5, 5.41) is 2.91. The average molecular weight is 150 g/mol. The number of hydrogen-bond donors (Lipinski definition) is 1. The molecule has 2 nitrogen and oxygen atoms in total. The molecule has 0 radical (unpaired) electrons. The molecule has 0 unspecified atom stereocenters. The highest BCUT2D eigenvalue weighted by atomic mass is 15.0. The minimum Gasteiger partial charge on any atom is -0.347 e. The zero-order valence-corrected chi connectivity index (χ0v) is 7.09. The van der Waals surface area contributed by atoms with Crippen molar-refractivity contribution in [3.8, 4) is 0 Å². The lowest BCUT2D eigenvalue weighted by Gasteiger charge is -2.01. The van der Waals surface area contributed by atoms with Crippen LogP contribution in [-0.4, -0.2) is 6.21 Å². The van der Waals surface area contributed by atoms with E-state index in [4.69, 9.17) is 0 Å². The Morgan fingerprint density at radius 1 is 1.36 bits per heavy atom. The van der Waals surface area contributed by atoms with Gasteiger partial charge in [-0.05, 0) is 25.6 Å². The molecule has 0 spiro atoms. The largest absolute Gasteiger partial charge is 0.347 e. The van der Waals surface area contributed by atoms with Crippen LogP contribution in [0.25, 0.3) is 0 Å². The molecule has 0 saturated heterocycles. The quantitative estimate of drug-likeness (QED) is 0.610. The van der Waals surface area contributed by atoms with Crippen molar-refractivity contribution >= 4 is 6.21 Å². The van der Waals surface area contributed by atoms with Crippen LogP contribution in [-0.2, 0) is 0 Å². The molecule has 0 rings (SSSR count). The minimum absolute atomic E-state index is 0.819. The first kappa shape index (κ1) is 9.69. The lowest BCUT2D eigenvalue weighted by atomic mass is 10.3. The van der Waals surface area contributed by atoms with Crippen LogP contribution in [0, 0.1) is 0 Å². The molecule has 0 bridgehead atoms. The lowest BCUT2D eigenvalue weighted by molar-refractivity contribution is 0.993. The smallest absolute Gasteiger partial charge is 0.128 e. The molecular formula is C9H14N2. The summed E-state index contributed by atoms with van der Waals surface area (Å²) in [7, 11) is 0. The zero-order chi connectivity index (χ0) is 8.69. The van der Waals surface area contributed by atoms with Crippen LogP contribution < -0.4 is 5.32 Å². The SMILES string of the molecule is C=CC=NC(NC=C)=C(C)C. The number of rotatable bonds is 4. The molecule has 0 aliphatic carbocycles. The van der Waals surface area contributed by atoms with Gasteiger partial charge in [0.25, 0.3) is 0 Å². The highest BCUT2D eigenvalue weighted by Crippen LogP contribution is 1.99. The second-order valence-corrected chi connectivity index (χ2v) is 2.21. The minimum atomic E-state index is 0.819. The van der Waals surface area contributed by atoms with E-state index in [-0.39, 0.29) is 0 Å². The van der Waals surface area contributed by atoms with Crippen molar-refractivity contribution in [1.29, 1.82) is 0 Å². The normalized spacial score (nSPS) is 9.27. The molecule has 0 heterocycles. The lowest BCUT2D eigenvalue weighted by Crippen LogP contribution is -2.03. The van der Waals surface area contributed by atoms with Crippen LogP contribution in [0.2, 0.25) is 0 Å². The molecule has 0 atom stereocenters. The van der Waals surface area contributed by atoms with E-state index in [1.807, 2.05) is 13.8 Å². The average Bonchev–Trinajstić information content (AvgIpc) is 1.97. The van der Waals surface area contributed by atoms with Crippen molar-refractivity contribution in [2.24, 2.45) is 4.99 Å². The monoisotopic (exact) mass is 150 g/mol. The number of aliphatic imine (C=N–C) groups is 1. The number of nitrogens with zero attached hydrogens (tertiary/aromatic N) is 1. The van der Waals surface area contributed by atoms with Gasteiger partial charge in [0.15, 0.2) is 0 Å². The molecule has 60 valence electrons. The molecule has 0 saturated carbocycles. The molecule has 0 aliphatic heterocycles. The van der Waals surface area contributed by atoms with Crippen LogP contribution in [0.5, 0.6) is 0 Å². The van der Waals surface area contributed by atoms with Crippen LogP contribution in [0.1, 0.15) is 13.8 Å². The van der Waals surface area contributed by atoms with Gasteiger partial charge in [-0.1, -0.05) is 19.2 Å². The number of nitrogens with one attached hydrogen (secondary N) is 1. The van der Waals surface area contributed by atoms with Crippen LogP contribution in [0.3, 0.4) is 0 Å². The molecule has 2 heteroatoms. The van der Waals surface area contributed by atoms with Crippen LogP contribution in [0.15, 0.2) is 41.8 Å².